The van der Waals surface area contributed by atoms with Crippen LogP contribution in [0.1, 0.15) is 12.6 Å². The first-order valence-electron chi connectivity index (χ1n) is 6.97. The molecule has 0 saturated carbocycles. The number of nitrogens with zero attached hydrogens (tertiary/aromatic N) is 3. The molecule has 1 aromatic heterocycles. The molecule has 20 heavy (non-hydrogen) atoms. The lowest BCUT2D eigenvalue weighted by molar-refractivity contribution is 0.196. The molecule has 1 aliphatic heterocycles. The molecule has 0 spiro atoms. The molecule has 0 radical (unpaired) electrons. The van der Waals surface area contributed by atoms with Crippen molar-refractivity contribution < 1.29 is 4.39 Å². The van der Waals surface area contributed by atoms with Crippen LogP contribution in [0.4, 0.5) is 4.39 Å². The zero-order valence-corrected chi connectivity index (χ0v) is 11.6. The number of benzene rings is 1. The number of halogens is 1. The third kappa shape index (κ3) is 2.89. The average molecular weight is 274 g/mol. The van der Waals surface area contributed by atoms with Crippen LogP contribution in [0.15, 0.2) is 36.5 Å². The van der Waals surface area contributed by atoms with Crippen LogP contribution in [0, 0.1) is 5.82 Å². The van der Waals surface area contributed by atoms with Gasteiger partial charge in [0.25, 0.3) is 0 Å². The summed E-state index contributed by atoms with van der Waals surface area (Å²) < 4.78 is 14.9. The molecule has 0 amide bonds. The first-order chi connectivity index (χ1) is 9.72. The Morgan fingerprint density at radius 1 is 1.30 bits per heavy atom. The van der Waals surface area contributed by atoms with Crippen molar-refractivity contribution in [3.63, 3.8) is 0 Å². The Morgan fingerprint density at radius 3 is 2.85 bits per heavy atom. The Morgan fingerprint density at radius 2 is 2.10 bits per heavy atom. The first kappa shape index (κ1) is 13.3. The summed E-state index contributed by atoms with van der Waals surface area (Å²) in [5.41, 5.74) is 2.03. The molecule has 3 rings (SSSR count). The molecule has 1 N–H and O–H groups in total. The second kappa shape index (κ2) is 5.73. The summed E-state index contributed by atoms with van der Waals surface area (Å²) in [5.74, 6) is -0.224. The highest BCUT2D eigenvalue weighted by atomic mass is 19.1. The monoisotopic (exact) mass is 274 g/mol. The van der Waals surface area contributed by atoms with Gasteiger partial charge in [0, 0.05) is 38.4 Å². The van der Waals surface area contributed by atoms with Gasteiger partial charge < -0.3 is 5.32 Å². The SMILES string of the molecule is C[C@@H]1CN(Cc2ccnn2-c2ccc(F)cc2)CCN1. The third-order valence-electron chi connectivity index (χ3n) is 3.63. The fraction of sp³-hybridized carbons (Fsp3) is 0.400. The van der Waals surface area contributed by atoms with E-state index in [0.717, 1.165) is 37.6 Å². The van der Waals surface area contributed by atoms with Gasteiger partial charge in [-0.25, -0.2) is 9.07 Å². The number of rotatable bonds is 3. The van der Waals surface area contributed by atoms with Gasteiger partial charge in [0.05, 0.1) is 11.4 Å². The zero-order valence-electron chi connectivity index (χ0n) is 11.6. The molecule has 0 unspecified atom stereocenters. The van der Waals surface area contributed by atoms with Gasteiger partial charge in [0.15, 0.2) is 0 Å². The quantitative estimate of drug-likeness (QED) is 0.926. The van der Waals surface area contributed by atoms with Crippen molar-refractivity contribution in [3.05, 3.63) is 48.0 Å². The average Bonchev–Trinajstić information content (AvgIpc) is 2.88. The minimum absolute atomic E-state index is 0.224. The third-order valence-corrected chi connectivity index (χ3v) is 3.63. The Labute approximate surface area is 118 Å². The van der Waals surface area contributed by atoms with Gasteiger partial charge in [0.1, 0.15) is 5.82 Å². The molecule has 106 valence electrons. The predicted octanol–water partition coefficient (Wildman–Crippen LogP) is 1.81. The lowest BCUT2D eigenvalue weighted by atomic mass is 10.2. The Bertz CT molecular complexity index is 564. The summed E-state index contributed by atoms with van der Waals surface area (Å²) in [5, 5.41) is 7.79. The summed E-state index contributed by atoms with van der Waals surface area (Å²) in [6, 6.07) is 8.99. The van der Waals surface area contributed by atoms with Crippen LogP contribution in [0.25, 0.3) is 5.69 Å². The Hall–Kier alpha value is -1.72. The van der Waals surface area contributed by atoms with E-state index in [9.17, 15) is 4.39 Å². The summed E-state index contributed by atoms with van der Waals surface area (Å²) in [4.78, 5) is 2.41. The highest BCUT2D eigenvalue weighted by molar-refractivity contribution is 5.32. The Balaban J connectivity index is 1.78. The lowest BCUT2D eigenvalue weighted by Crippen LogP contribution is -2.48. The molecule has 2 heterocycles. The van der Waals surface area contributed by atoms with Gasteiger partial charge in [-0.1, -0.05) is 0 Å². The van der Waals surface area contributed by atoms with E-state index in [-0.39, 0.29) is 5.82 Å². The van der Waals surface area contributed by atoms with E-state index in [0.29, 0.717) is 6.04 Å². The minimum Gasteiger partial charge on any atom is -0.312 e. The summed E-state index contributed by atoms with van der Waals surface area (Å²) in [7, 11) is 0. The molecular formula is C15H19FN4. The van der Waals surface area contributed by atoms with Gasteiger partial charge in [-0.15, -0.1) is 0 Å². The van der Waals surface area contributed by atoms with Crippen LogP contribution in [-0.2, 0) is 6.54 Å². The fourth-order valence-electron chi connectivity index (χ4n) is 2.65. The Kier molecular flexibility index (Phi) is 3.80. The van der Waals surface area contributed by atoms with Crippen molar-refractivity contribution in [2.24, 2.45) is 0 Å². The molecular weight excluding hydrogens is 255 g/mol. The van der Waals surface area contributed by atoms with E-state index in [2.05, 4.69) is 22.2 Å². The smallest absolute Gasteiger partial charge is 0.123 e. The number of aromatic nitrogens is 2. The standard InChI is InChI=1S/C15H19FN4/c1-12-10-19(9-8-17-12)11-15-6-7-18-20(15)14-4-2-13(16)3-5-14/h2-7,12,17H,8-11H2,1H3/t12-/m1/s1. The molecule has 2 aromatic rings. The second-order valence-electron chi connectivity index (χ2n) is 5.30. The summed E-state index contributed by atoms with van der Waals surface area (Å²) in [6.07, 6.45) is 1.80. The number of nitrogens with one attached hydrogen (secondary N) is 1. The zero-order chi connectivity index (χ0) is 13.9. The van der Waals surface area contributed by atoms with E-state index in [1.165, 1.54) is 12.1 Å². The summed E-state index contributed by atoms with van der Waals surface area (Å²) >= 11 is 0. The van der Waals surface area contributed by atoms with E-state index in [4.69, 9.17) is 0 Å². The molecule has 1 saturated heterocycles. The largest absolute Gasteiger partial charge is 0.312 e. The van der Waals surface area contributed by atoms with Gasteiger partial charge >= 0.3 is 0 Å². The van der Waals surface area contributed by atoms with Crippen molar-refractivity contribution in [2.75, 3.05) is 19.6 Å². The molecule has 1 fully saturated rings. The van der Waals surface area contributed by atoms with Gasteiger partial charge in [-0.3, -0.25) is 4.90 Å². The van der Waals surface area contributed by atoms with Crippen molar-refractivity contribution in [1.82, 2.24) is 20.0 Å². The highest BCUT2D eigenvalue weighted by Gasteiger charge is 2.17. The van der Waals surface area contributed by atoms with Crippen molar-refractivity contribution in [3.8, 4) is 5.69 Å². The molecule has 1 aromatic carbocycles. The van der Waals surface area contributed by atoms with Crippen LogP contribution in [0.3, 0.4) is 0 Å². The van der Waals surface area contributed by atoms with Crippen LogP contribution in [-0.4, -0.2) is 40.4 Å². The van der Waals surface area contributed by atoms with E-state index in [1.807, 2.05) is 10.7 Å². The van der Waals surface area contributed by atoms with Crippen LogP contribution in [0.2, 0.25) is 0 Å². The molecule has 1 atom stereocenters. The number of hydrogen-bond donors (Lipinski definition) is 1. The van der Waals surface area contributed by atoms with Crippen molar-refractivity contribution in [1.29, 1.82) is 0 Å². The summed E-state index contributed by atoms with van der Waals surface area (Å²) in [6.45, 7) is 6.16. The van der Waals surface area contributed by atoms with Gasteiger partial charge in [-0.2, -0.15) is 5.10 Å². The maximum atomic E-state index is 13.0. The van der Waals surface area contributed by atoms with Crippen LogP contribution < -0.4 is 5.32 Å². The molecule has 0 aliphatic carbocycles. The number of piperazine rings is 1. The van der Waals surface area contributed by atoms with Crippen molar-refractivity contribution in [2.45, 2.75) is 19.5 Å². The lowest BCUT2D eigenvalue weighted by Gasteiger charge is -2.31. The normalized spacial score (nSPS) is 20.2. The topological polar surface area (TPSA) is 33.1 Å². The van der Waals surface area contributed by atoms with Crippen LogP contribution >= 0.6 is 0 Å². The predicted molar refractivity (Wildman–Crippen MR) is 76.3 cm³/mol. The van der Waals surface area contributed by atoms with Gasteiger partial charge in [0.2, 0.25) is 0 Å². The van der Waals surface area contributed by atoms with Crippen molar-refractivity contribution >= 4 is 0 Å². The van der Waals surface area contributed by atoms with Crippen LogP contribution in [0.5, 0.6) is 0 Å². The molecule has 4 nitrogen and oxygen atoms in total. The van der Waals surface area contributed by atoms with E-state index in [1.54, 1.807) is 18.3 Å². The second-order valence-corrected chi connectivity index (χ2v) is 5.30. The first-order valence-corrected chi connectivity index (χ1v) is 6.97. The van der Waals surface area contributed by atoms with E-state index < -0.39 is 0 Å². The fourth-order valence-corrected chi connectivity index (χ4v) is 2.65. The van der Waals surface area contributed by atoms with Gasteiger partial charge in [-0.05, 0) is 37.3 Å². The maximum absolute atomic E-state index is 13.0. The molecule has 0 bridgehead atoms. The highest BCUT2D eigenvalue weighted by Crippen LogP contribution is 2.14. The maximum Gasteiger partial charge on any atom is 0.123 e. The molecule has 1 aliphatic rings. The molecule has 5 heteroatoms. The number of hydrogen-bond acceptors (Lipinski definition) is 3. The minimum atomic E-state index is -0.224. The van der Waals surface area contributed by atoms with E-state index >= 15 is 0 Å².